The number of anilines is 1. The first-order valence-electron chi connectivity index (χ1n) is 9.32. The first kappa shape index (κ1) is 16.9. The quantitative estimate of drug-likeness (QED) is 0.749. The summed E-state index contributed by atoms with van der Waals surface area (Å²) >= 11 is 0. The number of fused-ring (bicyclic) bond motifs is 3. The van der Waals surface area contributed by atoms with E-state index in [9.17, 15) is 14.7 Å². The Balaban J connectivity index is 1.84. The molecular weight excluding hydrogens is 350 g/mol. The number of nitrogens with zero attached hydrogens (tertiary/aromatic N) is 1. The predicted octanol–water partition coefficient (Wildman–Crippen LogP) is 3.71. The van der Waals surface area contributed by atoms with Gasteiger partial charge < -0.3 is 5.11 Å². The van der Waals surface area contributed by atoms with Crippen molar-refractivity contribution in [2.45, 2.75) is 24.5 Å². The van der Waals surface area contributed by atoms with Crippen LogP contribution in [0.2, 0.25) is 0 Å². The lowest BCUT2D eigenvalue weighted by Crippen LogP contribution is -2.53. The van der Waals surface area contributed by atoms with Gasteiger partial charge in [-0.25, -0.2) is 0 Å². The molecule has 0 bridgehead atoms. The zero-order valence-corrected chi connectivity index (χ0v) is 15.4. The Hall–Kier alpha value is -3.24. The fraction of sp³-hybridized carbons (Fsp3) is 0.167. The van der Waals surface area contributed by atoms with Gasteiger partial charge in [-0.05, 0) is 24.6 Å². The Morgan fingerprint density at radius 3 is 2.21 bits per heavy atom. The molecule has 28 heavy (non-hydrogen) atoms. The number of hydrogen-bond acceptors (Lipinski definition) is 3. The van der Waals surface area contributed by atoms with E-state index in [0.29, 0.717) is 22.4 Å². The highest BCUT2D eigenvalue weighted by Gasteiger charge is 2.72. The smallest absolute Gasteiger partial charge is 0.231 e. The Morgan fingerprint density at radius 1 is 0.857 bits per heavy atom. The summed E-state index contributed by atoms with van der Waals surface area (Å²) in [5, 5.41) is 12.2. The van der Waals surface area contributed by atoms with Gasteiger partial charge in [0.15, 0.2) is 11.5 Å². The molecule has 1 aliphatic heterocycles. The maximum atomic E-state index is 13.6. The summed E-state index contributed by atoms with van der Waals surface area (Å²) < 4.78 is 0. The van der Waals surface area contributed by atoms with Crippen LogP contribution in [0.25, 0.3) is 0 Å². The number of Topliss-reactive ketones (excluding diaryl/α,β-unsaturated/α-hetero) is 1. The molecular formula is C24H19NO3. The van der Waals surface area contributed by atoms with Crippen LogP contribution in [0, 0.1) is 6.92 Å². The third-order valence-corrected chi connectivity index (χ3v) is 6.08. The monoisotopic (exact) mass is 369 g/mol. The summed E-state index contributed by atoms with van der Waals surface area (Å²) in [5.41, 5.74) is 0.115. The summed E-state index contributed by atoms with van der Waals surface area (Å²) in [6, 6.07) is 23.7. The van der Waals surface area contributed by atoms with Gasteiger partial charge in [-0.2, -0.15) is 0 Å². The van der Waals surface area contributed by atoms with Crippen LogP contribution >= 0.6 is 0 Å². The maximum absolute atomic E-state index is 13.6. The predicted molar refractivity (Wildman–Crippen MR) is 106 cm³/mol. The number of aryl methyl sites for hydroxylation is 1. The molecule has 1 aliphatic carbocycles. The average molecular weight is 369 g/mol. The molecule has 138 valence electrons. The van der Waals surface area contributed by atoms with Crippen molar-refractivity contribution in [3.05, 3.63) is 101 Å². The molecule has 3 aromatic carbocycles. The summed E-state index contributed by atoms with van der Waals surface area (Å²) in [6.45, 7) is 1.97. The van der Waals surface area contributed by atoms with Crippen LogP contribution in [0.3, 0.4) is 0 Å². The van der Waals surface area contributed by atoms with E-state index in [0.717, 1.165) is 5.56 Å². The van der Waals surface area contributed by atoms with E-state index in [1.165, 1.54) is 4.90 Å². The number of aliphatic hydroxyl groups is 1. The van der Waals surface area contributed by atoms with Crippen LogP contribution < -0.4 is 4.90 Å². The molecule has 0 spiro atoms. The molecule has 0 aromatic heterocycles. The van der Waals surface area contributed by atoms with Gasteiger partial charge in [-0.3, -0.25) is 14.5 Å². The van der Waals surface area contributed by atoms with Crippen molar-refractivity contribution in [3.63, 3.8) is 0 Å². The molecule has 1 saturated heterocycles. The van der Waals surface area contributed by atoms with E-state index in [4.69, 9.17) is 0 Å². The van der Waals surface area contributed by atoms with E-state index in [1.54, 1.807) is 24.3 Å². The van der Waals surface area contributed by atoms with Crippen LogP contribution in [0.15, 0.2) is 78.9 Å². The van der Waals surface area contributed by atoms with Crippen molar-refractivity contribution in [2.24, 2.45) is 0 Å². The number of benzene rings is 3. The number of carbonyl (C=O) groups is 2. The summed E-state index contributed by atoms with van der Waals surface area (Å²) in [7, 11) is 0. The lowest BCUT2D eigenvalue weighted by Gasteiger charge is -2.40. The van der Waals surface area contributed by atoms with Gasteiger partial charge in [0.25, 0.3) is 0 Å². The molecule has 4 nitrogen and oxygen atoms in total. The maximum Gasteiger partial charge on any atom is 0.231 e. The number of hydrogen-bond donors (Lipinski definition) is 1. The van der Waals surface area contributed by atoms with Gasteiger partial charge in [0.05, 0.1) is 0 Å². The van der Waals surface area contributed by atoms with Crippen LogP contribution in [0.5, 0.6) is 0 Å². The lowest BCUT2D eigenvalue weighted by atomic mass is 9.71. The zero-order valence-electron chi connectivity index (χ0n) is 15.4. The molecule has 0 saturated carbocycles. The summed E-state index contributed by atoms with van der Waals surface area (Å²) in [4.78, 5) is 28.3. The second kappa shape index (κ2) is 5.63. The minimum Gasteiger partial charge on any atom is -0.365 e. The van der Waals surface area contributed by atoms with Gasteiger partial charge in [0.2, 0.25) is 5.91 Å². The first-order chi connectivity index (χ1) is 13.5. The van der Waals surface area contributed by atoms with Crippen LogP contribution in [0.4, 0.5) is 5.69 Å². The van der Waals surface area contributed by atoms with Crippen molar-refractivity contribution < 1.29 is 14.7 Å². The van der Waals surface area contributed by atoms with Crippen LogP contribution in [-0.2, 0) is 15.9 Å². The number of ketones is 1. The fourth-order valence-electron chi connectivity index (χ4n) is 4.79. The number of amides is 1. The molecule has 2 atom stereocenters. The molecule has 0 radical (unpaired) electrons. The number of carbonyl (C=O) groups excluding carboxylic acids is 2. The van der Waals surface area contributed by atoms with Crippen molar-refractivity contribution >= 4 is 17.4 Å². The largest absolute Gasteiger partial charge is 0.365 e. The topological polar surface area (TPSA) is 57.6 Å². The molecule has 3 aromatic rings. The molecule has 1 N–H and O–H groups in total. The second-order valence-electron chi connectivity index (χ2n) is 7.56. The highest BCUT2D eigenvalue weighted by atomic mass is 16.3. The van der Waals surface area contributed by atoms with Crippen LogP contribution in [0.1, 0.15) is 33.5 Å². The van der Waals surface area contributed by atoms with E-state index in [2.05, 4.69) is 0 Å². The Bertz CT molecular complexity index is 1110. The molecule has 1 fully saturated rings. The fourth-order valence-corrected chi connectivity index (χ4v) is 4.79. The van der Waals surface area contributed by atoms with Crippen LogP contribution in [-0.4, -0.2) is 16.8 Å². The molecule has 4 heteroatoms. The number of rotatable bonds is 2. The third-order valence-electron chi connectivity index (χ3n) is 6.08. The van der Waals surface area contributed by atoms with E-state index in [-0.39, 0.29) is 18.1 Å². The summed E-state index contributed by atoms with van der Waals surface area (Å²) in [5.74, 6) is -0.474. The lowest BCUT2D eigenvalue weighted by molar-refractivity contribution is -0.118. The molecule has 1 heterocycles. The minimum atomic E-state index is -1.77. The van der Waals surface area contributed by atoms with Gasteiger partial charge in [-0.1, -0.05) is 72.3 Å². The van der Waals surface area contributed by atoms with Crippen molar-refractivity contribution in [1.82, 2.24) is 0 Å². The normalized spacial score (nSPS) is 25.7. The first-order valence-corrected chi connectivity index (χ1v) is 9.32. The van der Waals surface area contributed by atoms with E-state index < -0.39 is 11.1 Å². The zero-order chi connectivity index (χ0) is 19.5. The summed E-state index contributed by atoms with van der Waals surface area (Å²) in [6.07, 6.45) is -0.0745. The van der Waals surface area contributed by atoms with Gasteiger partial charge >= 0.3 is 0 Å². The minimum absolute atomic E-state index is 0.0745. The Labute approximate surface area is 163 Å². The standard InChI is InChI=1S/C24H19NO3/c1-16-11-13-18(14-12-16)25-21(26)15-23(17-7-3-2-4-8-17)22(27)19-9-5-6-10-20(19)24(23,25)28/h2-14,28H,15H2,1H3. The third kappa shape index (κ3) is 1.88. The van der Waals surface area contributed by atoms with E-state index in [1.807, 2.05) is 61.5 Å². The SMILES string of the molecule is Cc1ccc(N2C(=O)CC3(c4ccccc4)C(=O)c4ccccc4C23O)cc1. The molecule has 5 rings (SSSR count). The highest BCUT2D eigenvalue weighted by Crippen LogP contribution is 2.60. The van der Waals surface area contributed by atoms with Gasteiger partial charge in [-0.15, -0.1) is 0 Å². The van der Waals surface area contributed by atoms with Gasteiger partial charge in [0.1, 0.15) is 5.41 Å². The van der Waals surface area contributed by atoms with Crippen molar-refractivity contribution in [2.75, 3.05) is 4.90 Å². The Kier molecular flexibility index (Phi) is 3.40. The average Bonchev–Trinajstić information content (AvgIpc) is 3.07. The van der Waals surface area contributed by atoms with Crippen molar-refractivity contribution in [1.29, 1.82) is 0 Å². The highest BCUT2D eigenvalue weighted by molar-refractivity contribution is 6.18. The molecule has 1 amide bonds. The van der Waals surface area contributed by atoms with Crippen molar-refractivity contribution in [3.8, 4) is 0 Å². The van der Waals surface area contributed by atoms with E-state index >= 15 is 0 Å². The molecule has 2 aliphatic rings. The Morgan fingerprint density at radius 2 is 1.50 bits per heavy atom. The van der Waals surface area contributed by atoms with Gasteiger partial charge in [0, 0.05) is 23.2 Å². The second-order valence-corrected chi connectivity index (χ2v) is 7.56. The molecule has 2 unspecified atom stereocenters.